The van der Waals surface area contributed by atoms with Gasteiger partial charge in [0.15, 0.2) is 0 Å². The topological polar surface area (TPSA) is 53.0 Å². The van der Waals surface area contributed by atoms with Crippen LogP contribution in [0.15, 0.2) is 11.6 Å². The lowest BCUT2D eigenvalue weighted by Crippen LogP contribution is -2.58. The van der Waals surface area contributed by atoms with E-state index in [1.807, 2.05) is 0 Å². The number of aliphatic hydroxyl groups excluding tert-OH is 2. The number of rotatable bonds is 4. The summed E-state index contributed by atoms with van der Waals surface area (Å²) in [6.07, 6.45) is 11.4. The molecule has 1 aliphatic heterocycles. The van der Waals surface area contributed by atoms with Crippen molar-refractivity contribution in [3.8, 4) is 0 Å². The summed E-state index contributed by atoms with van der Waals surface area (Å²) in [4.78, 5) is 0. The molecule has 0 aromatic rings. The van der Waals surface area contributed by atoms with Crippen molar-refractivity contribution in [2.75, 3.05) is 0 Å². The minimum atomic E-state index is -0.341. The minimum Gasteiger partial charge on any atom is -0.393 e. The number of aliphatic hydroxyl groups is 2. The highest BCUT2D eigenvalue weighted by molar-refractivity contribution is 5.33. The second-order valence-corrected chi connectivity index (χ2v) is 14.7. The van der Waals surface area contributed by atoms with Gasteiger partial charge in [0.1, 0.15) is 6.10 Å². The maximum absolute atomic E-state index is 10.9. The molecule has 0 amide bonds. The molecule has 0 bridgehead atoms. The first kappa shape index (κ1) is 24.3. The normalized spacial score (nSPS) is 51.6. The molecule has 3 heteroatoms. The van der Waals surface area contributed by atoms with Gasteiger partial charge >= 0.3 is 0 Å². The van der Waals surface area contributed by atoms with E-state index >= 15 is 0 Å². The Morgan fingerprint density at radius 3 is 2.30 bits per heavy atom. The van der Waals surface area contributed by atoms with Crippen LogP contribution in [-0.2, 0) is 4.74 Å². The Labute approximate surface area is 202 Å². The van der Waals surface area contributed by atoms with Gasteiger partial charge in [0, 0.05) is 0 Å². The molecule has 3 saturated carbocycles. The molecule has 0 radical (unpaired) electrons. The summed E-state index contributed by atoms with van der Waals surface area (Å²) in [6.45, 7) is 19.0. The van der Waals surface area contributed by atoms with Crippen LogP contribution in [0.3, 0.4) is 0 Å². The molecule has 0 aromatic heterocycles. The van der Waals surface area contributed by atoms with Crippen molar-refractivity contribution in [3.05, 3.63) is 11.6 Å². The van der Waals surface area contributed by atoms with Crippen LogP contribution in [-0.4, -0.2) is 34.1 Å². The second kappa shape index (κ2) is 7.32. The summed E-state index contributed by atoms with van der Waals surface area (Å²) in [5, 5.41) is 21.7. The van der Waals surface area contributed by atoms with Crippen molar-refractivity contribution in [2.24, 2.45) is 45.3 Å². The first-order chi connectivity index (χ1) is 15.2. The fourth-order valence-corrected chi connectivity index (χ4v) is 10.2. The number of fused-ring (bicyclic) bond motifs is 5. The van der Waals surface area contributed by atoms with E-state index in [2.05, 4.69) is 61.5 Å². The molecule has 5 aliphatic rings. The van der Waals surface area contributed by atoms with Crippen LogP contribution >= 0.6 is 0 Å². The van der Waals surface area contributed by atoms with E-state index in [-0.39, 0.29) is 34.7 Å². The van der Waals surface area contributed by atoms with E-state index < -0.39 is 0 Å². The molecular formula is C30H50O3. The number of ether oxygens (including phenoxy) is 1. The Bertz CT molecular complexity index is 828. The van der Waals surface area contributed by atoms with Crippen LogP contribution < -0.4 is 0 Å². The van der Waals surface area contributed by atoms with E-state index in [9.17, 15) is 10.2 Å². The number of allylic oxidation sites excluding steroid dienone is 2. The van der Waals surface area contributed by atoms with Gasteiger partial charge in [-0.05, 0) is 111 Å². The highest BCUT2D eigenvalue weighted by Crippen LogP contribution is 2.73. The molecule has 1 saturated heterocycles. The monoisotopic (exact) mass is 458 g/mol. The van der Waals surface area contributed by atoms with Gasteiger partial charge in [-0.2, -0.15) is 0 Å². The maximum Gasteiger partial charge on any atom is 0.113 e. The van der Waals surface area contributed by atoms with Crippen LogP contribution in [0, 0.1) is 45.3 Å². The van der Waals surface area contributed by atoms with Crippen LogP contribution in [0.2, 0.25) is 0 Å². The van der Waals surface area contributed by atoms with Gasteiger partial charge in [-0.3, -0.25) is 0 Å². The molecule has 2 N–H and O–H groups in total. The van der Waals surface area contributed by atoms with Crippen LogP contribution in [0.25, 0.3) is 0 Å². The van der Waals surface area contributed by atoms with E-state index in [0.29, 0.717) is 34.5 Å². The largest absolute Gasteiger partial charge is 0.393 e. The van der Waals surface area contributed by atoms with Gasteiger partial charge in [0.2, 0.25) is 0 Å². The summed E-state index contributed by atoms with van der Waals surface area (Å²) >= 11 is 0. The molecule has 4 aliphatic carbocycles. The van der Waals surface area contributed by atoms with Crippen molar-refractivity contribution in [2.45, 2.75) is 131 Å². The molecule has 4 fully saturated rings. The van der Waals surface area contributed by atoms with Gasteiger partial charge in [-0.1, -0.05) is 53.2 Å². The number of hydrogen-bond donors (Lipinski definition) is 2. The number of hydrogen-bond acceptors (Lipinski definition) is 3. The van der Waals surface area contributed by atoms with Crippen LogP contribution in [0.4, 0.5) is 0 Å². The Morgan fingerprint density at radius 1 is 1.00 bits per heavy atom. The smallest absolute Gasteiger partial charge is 0.113 e. The molecule has 0 unspecified atom stereocenters. The third-order valence-electron chi connectivity index (χ3n) is 12.6. The van der Waals surface area contributed by atoms with Gasteiger partial charge in [-0.15, -0.1) is 0 Å². The van der Waals surface area contributed by atoms with Crippen molar-refractivity contribution in [1.29, 1.82) is 0 Å². The second-order valence-electron chi connectivity index (χ2n) is 14.7. The fraction of sp³-hybridized carbons (Fsp3) is 0.933. The van der Waals surface area contributed by atoms with E-state index in [4.69, 9.17) is 4.74 Å². The molecule has 0 aromatic carbocycles. The fourth-order valence-electron chi connectivity index (χ4n) is 10.2. The van der Waals surface area contributed by atoms with Gasteiger partial charge in [0.25, 0.3) is 0 Å². The molecule has 3 nitrogen and oxygen atoms in total. The average molecular weight is 459 g/mol. The predicted octanol–water partition coefficient (Wildman–Crippen LogP) is 6.52. The SMILES string of the molecule is C[C@@H](C[C@H](O)[C@@H]1OC1(C)C)[C@@H]1CC[C@]2(C)C3=CC[C@H]4C(C)(C)[C@H](O)CC[C@]4(C)[C@@H]3CC[C@@]12C. The lowest BCUT2D eigenvalue weighted by atomic mass is 9.41. The number of epoxide rings is 1. The quantitative estimate of drug-likeness (QED) is 0.372. The predicted molar refractivity (Wildman–Crippen MR) is 134 cm³/mol. The summed E-state index contributed by atoms with van der Waals surface area (Å²) in [7, 11) is 0. The lowest BCUT2D eigenvalue weighted by molar-refractivity contribution is -0.131. The van der Waals surface area contributed by atoms with Crippen molar-refractivity contribution in [3.63, 3.8) is 0 Å². The summed E-state index contributed by atoms with van der Waals surface area (Å²) in [5.41, 5.74) is 2.50. The highest BCUT2D eigenvalue weighted by Gasteiger charge is 2.65. The molecule has 33 heavy (non-hydrogen) atoms. The summed E-state index contributed by atoms with van der Waals surface area (Å²) in [5.74, 6) is 2.42. The molecule has 0 spiro atoms. The van der Waals surface area contributed by atoms with Crippen LogP contribution in [0.1, 0.15) is 107 Å². The van der Waals surface area contributed by atoms with E-state index in [1.54, 1.807) is 5.57 Å². The lowest BCUT2D eigenvalue weighted by Gasteiger charge is -2.64. The average Bonchev–Trinajstić information content (AvgIpc) is 3.26. The van der Waals surface area contributed by atoms with Crippen molar-refractivity contribution < 1.29 is 14.9 Å². The first-order valence-electron chi connectivity index (χ1n) is 13.9. The molecule has 188 valence electrons. The van der Waals surface area contributed by atoms with Crippen molar-refractivity contribution in [1.82, 2.24) is 0 Å². The van der Waals surface area contributed by atoms with Gasteiger partial charge < -0.3 is 14.9 Å². The minimum absolute atomic E-state index is 0.00178. The zero-order valence-electron chi connectivity index (χ0n) is 22.6. The molecule has 10 atom stereocenters. The molecular weight excluding hydrogens is 408 g/mol. The third kappa shape index (κ3) is 3.23. The Balaban J connectivity index is 1.40. The summed E-state index contributed by atoms with van der Waals surface area (Å²) < 4.78 is 5.76. The van der Waals surface area contributed by atoms with Gasteiger partial charge in [0.05, 0.1) is 17.8 Å². The Morgan fingerprint density at radius 2 is 1.67 bits per heavy atom. The van der Waals surface area contributed by atoms with E-state index in [1.165, 1.54) is 32.1 Å². The van der Waals surface area contributed by atoms with Crippen LogP contribution in [0.5, 0.6) is 0 Å². The van der Waals surface area contributed by atoms with Gasteiger partial charge in [-0.25, -0.2) is 0 Å². The molecule has 1 heterocycles. The standard InChI is InChI=1S/C30H50O3/c1-18(17-22(31)25-27(4,5)33-25)19-11-15-30(8)21-9-10-23-26(2,3)24(32)13-14-28(23,6)20(21)12-16-29(19,30)7/h9,18-20,22-25,31-32H,10-17H2,1-8H3/t18-,19-,20+,22-,23-,24+,25-,28+,29-,30+/m0/s1. The maximum atomic E-state index is 10.9. The van der Waals surface area contributed by atoms with E-state index in [0.717, 1.165) is 19.3 Å². The highest BCUT2D eigenvalue weighted by atomic mass is 16.6. The Hall–Kier alpha value is -0.380. The zero-order chi connectivity index (χ0) is 24.2. The third-order valence-corrected chi connectivity index (χ3v) is 12.6. The Kier molecular flexibility index (Phi) is 5.40. The van der Waals surface area contributed by atoms with Crippen molar-refractivity contribution >= 4 is 0 Å². The molecule has 5 rings (SSSR count). The first-order valence-corrected chi connectivity index (χ1v) is 13.9. The zero-order valence-corrected chi connectivity index (χ0v) is 22.6. The summed E-state index contributed by atoms with van der Waals surface area (Å²) in [6, 6.07) is 0.